The van der Waals surface area contributed by atoms with Crippen molar-refractivity contribution in [3.05, 3.63) is 0 Å². The normalized spacial score (nSPS) is 11.3. The van der Waals surface area contributed by atoms with Gasteiger partial charge in [0.1, 0.15) is 5.54 Å². The summed E-state index contributed by atoms with van der Waals surface area (Å²) in [4.78, 5) is 14.2. The van der Waals surface area contributed by atoms with Gasteiger partial charge in [0.15, 0.2) is 0 Å². The van der Waals surface area contributed by atoms with Gasteiger partial charge in [0.25, 0.3) is 0 Å². The second kappa shape index (κ2) is 7.88. The molecule has 120 valence electrons. The third-order valence-corrected chi connectivity index (χ3v) is 3.08. The zero-order valence-corrected chi connectivity index (χ0v) is 12.2. The fourth-order valence-corrected chi connectivity index (χ4v) is 1.64. The molecule has 0 amide bonds. The Balaban J connectivity index is 3.14. The second-order valence-electron chi connectivity index (χ2n) is 4.48. The lowest BCUT2D eigenvalue weighted by Gasteiger charge is -2.29. The second-order valence-corrected chi connectivity index (χ2v) is 4.48. The van der Waals surface area contributed by atoms with Crippen LogP contribution in [0.1, 0.15) is 13.8 Å². The lowest BCUT2D eigenvalue weighted by atomic mass is 10.0. The SMILES string of the molecule is CCN(CC)c1nc(NN)nc(NC(CO)(CO)CO)n1. The van der Waals surface area contributed by atoms with E-state index in [1.807, 2.05) is 18.7 Å². The zero-order chi connectivity index (χ0) is 15.9. The predicted molar refractivity (Wildman–Crippen MR) is 78.8 cm³/mol. The number of nitrogens with two attached hydrogens (primary N) is 1. The Hall–Kier alpha value is -1.75. The minimum atomic E-state index is -1.33. The Morgan fingerprint density at radius 3 is 1.95 bits per heavy atom. The summed E-state index contributed by atoms with van der Waals surface area (Å²) in [5, 5.41) is 30.7. The molecule has 0 radical (unpaired) electrons. The summed E-state index contributed by atoms with van der Waals surface area (Å²) < 4.78 is 0. The summed E-state index contributed by atoms with van der Waals surface area (Å²) in [6, 6.07) is 0. The molecule has 0 fully saturated rings. The van der Waals surface area contributed by atoms with Gasteiger partial charge in [0, 0.05) is 13.1 Å². The van der Waals surface area contributed by atoms with Gasteiger partial charge >= 0.3 is 0 Å². The van der Waals surface area contributed by atoms with Gasteiger partial charge in [-0.05, 0) is 13.8 Å². The van der Waals surface area contributed by atoms with Crippen molar-refractivity contribution < 1.29 is 15.3 Å². The topological polar surface area (TPSA) is 153 Å². The number of aliphatic hydroxyl groups excluding tert-OH is 3. The molecule has 1 aromatic rings. The minimum absolute atomic E-state index is 0.0944. The van der Waals surface area contributed by atoms with Gasteiger partial charge in [-0.3, -0.25) is 5.43 Å². The van der Waals surface area contributed by atoms with E-state index in [1.165, 1.54) is 0 Å². The number of nitrogens with zero attached hydrogens (tertiary/aromatic N) is 4. The molecule has 1 rings (SSSR count). The summed E-state index contributed by atoms with van der Waals surface area (Å²) in [5.41, 5.74) is 1.01. The first-order valence-corrected chi connectivity index (χ1v) is 6.66. The van der Waals surface area contributed by atoms with E-state index in [4.69, 9.17) is 5.84 Å². The van der Waals surface area contributed by atoms with E-state index in [0.717, 1.165) is 0 Å². The first kappa shape index (κ1) is 17.3. The highest BCUT2D eigenvalue weighted by atomic mass is 16.3. The average Bonchev–Trinajstić information content (AvgIpc) is 2.53. The van der Waals surface area contributed by atoms with Crippen LogP contribution >= 0.6 is 0 Å². The Morgan fingerprint density at radius 2 is 1.52 bits per heavy atom. The Kier molecular flexibility index (Phi) is 6.49. The van der Waals surface area contributed by atoms with Crippen molar-refractivity contribution in [1.82, 2.24) is 15.0 Å². The molecule has 0 bridgehead atoms. The van der Waals surface area contributed by atoms with Gasteiger partial charge in [-0.2, -0.15) is 15.0 Å². The third kappa shape index (κ3) is 4.11. The number of rotatable bonds is 9. The first-order chi connectivity index (χ1) is 10.1. The minimum Gasteiger partial charge on any atom is -0.394 e. The summed E-state index contributed by atoms with van der Waals surface area (Å²) in [6.07, 6.45) is 0. The molecule has 0 spiro atoms. The smallest absolute Gasteiger partial charge is 0.243 e. The number of hydrogen-bond acceptors (Lipinski definition) is 10. The Labute approximate surface area is 123 Å². The lowest BCUT2D eigenvalue weighted by molar-refractivity contribution is 0.0828. The maximum absolute atomic E-state index is 9.33. The number of aliphatic hydroxyl groups is 3. The molecule has 7 N–H and O–H groups in total. The van der Waals surface area contributed by atoms with E-state index >= 15 is 0 Å². The Bertz CT molecular complexity index is 430. The van der Waals surface area contributed by atoms with Crippen LogP contribution in [0.15, 0.2) is 0 Å². The van der Waals surface area contributed by atoms with Crippen molar-refractivity contribution >= 4 is 17.8 Å². The van der Waals surface area contributed by atoms with Crippen LogP contribution in [0.4, 0.5) is 17.8 Å². The van der Waals surface area contributed by atoms with Gasteiger partial charge in [-0.1, -0.05) is 0 Å². The number of nitrogens with one attached hydrogen (secondary N) is 2. The van der Waals surface area contributed by atoms with Gasteiger partial charge in [0.05, 0.1) is 19.8 Å². The van der Waals surface area contributed by atoms with Crippen molar-refractivity contribution in [3.63, 3.8) is 0 Å². The number of nitrogen functional groups attached to an aromatic ring is 1. The third-order valence-electron chi connectivity index (χ3n) is 3.08. The van der Waals surface area contributed by atoms with Crippen molar-refractivity contribution in [2.45, 2.75) is 19.4 Å². The van der Waals surface area contributed by atoms with Crippen LogP contribution in [0.3, 0.4) is 0 Å². The van der Waals surface area contributed by atoms with Crippen LogP contribution in [0, 0.1) is 0 Å². The van der Waals surface area contributed by atoms with Crippen LogP contribution in [-0.4, -0.2) is 68.7 Å². The molecule has 10 nitrogen and oxygen atoms in total. The van der Waals surface area contributed by atoms with E-state index in [1.54, 1.807) is 0 Å². The van der Waals surface area contributed by atoms with Crippen LogP contribution in [0.2, 0.25) is 0 Å². The molecule has 10 heteroatoms. The molecule has 0 saturated carbocycles. The number of aromatic nitrogens is 3. The molecule has 1 aromatic heterocycles. The first-order valence-electron chi connectivity index (χ1n) is 6.66. The molecular weight excluding hydrogens is 278 g/mol. The van der Waals surface area contributed by atoms with E-state index in [-0.39, 0.29) is 11.9 Å². The number of anilines is 3. The van der Waals surface area contributed by atoms with Gasteiger partial charge in [-0.15, -0.1) is 0 Å². The molecule has 0 aliphatic rings. The molecule has 0 atom stereocenters. The van der Waals surface area contributed by atoms with Crippen molar-refractivity contribution in [3.8, 4) is 0 Å². The largest absolute Gasteiger partial charge is 0.394 e. The number of hydrazine groups is 1. The van der Waals surface area contributed by atoms with E-state index in [2.05, 4.69) is 25.7 Å². The monoisotopic (exact) mass is 301 g/mol. The van der Waals surface area contributed by atoms with Crippen molar-refractivity contribution in [2.24, 2.45) is 5.84 Å². The van der Waals surface area contributed by atoms with E-state index in [9.17, 15) is 15.3 Å². The highest BCUT2D eigenvalue weighted by Crippen LogP contribution is 2.16. The van der Waals surface area contributed by atoms with Crippen LogP contribution < -0.4 is 21.5 Å². The van der Waals surface area contributed by atoms with Crippen LogP contribution in [-0.2, 0) is 0 Å². The average molecular weight is 301 g/mol. The molecular formula is C11H23N7O3. The molecule has 0 aliphatic carbocycles. The van der Waals surface area contributed by atoms with Gasteiger partial charge in [0.2, 0.25) is 17.8 Å². The summed E-state index contributed by atoms with van der Waals surface area (Å²) in [7, 11) is 0. The fraction of sp³-hybridized carbons (Fsp3) is 0.727. The highest BCUT2D eigenvalue weighted by molar-refractivity contribution is 5.44. The molecule has 1 heterocycles. The quantitative estimate of drug-likeness (QED) is 0.226. The van der Waals surface area contributed by atoms with Gasteiger partial charge in [-0.25, -0.2) is 5.84 Å². The predicted octanol–water partition coefficient (Wildman–Crippen LogP) is -1.87. The maximum Gasteiger partial charge on any atom is 0.243 e. The zero-order valence-electron chi connectivity index (χ0n) is 12.2. The highest BCUT2D eigenvalue weighted by Gasteiger charge is 2.29. The Morgan fingerprint density at radius 1 is 1.00 bits per heavy atom. The standard InChI is InChI=1S/C11H23N7O3/c1-3-18(4-2)10-14-8(13-9(15-10)17-12)16-11(5-19,6-20)7-21/h19-21H,3-7,12H2,1-2H3,(H2,13,14,15,16,17). The molecule has 0 aliphatic heterocycles. The van der Waals surface area contributed by atoms with Crippen molar-refractivity contribution in [2.75, 3.05) is 48.6 Å². The van der Waals surface area contributed by atoms with Crippen molar-refractivity contribution in [1.29, 1.82) is 0 Å². The fourth-order valence-electron chi connectivity index (χ4n) is 1.64. The summed E-state index contributed by atoms with van der Waals surface area (Å²) >= 11 is 0. The summed E-state index contributed by atoms with van der Waals surface area (Å²) in [6.45, 7) is 3.82. The molecule has 0 aromatic carbocycles. The van der Waals surface area contributed by atoms with E-state index < -0.39 is 25.4 Å². The number of hydrogen-bond donors (Lipinski definition) is 6. The van der Waals surface area contributed by atoms with E-state index in [0.29, 0.717) is 19.0 Å². The lowest BCUT2D eigenvalue weighted by Crippen LogP contribution is -2.49. The van der Waals surface area contributed by atoms with Crippen LogP contribution in [0.25, 0.3) is 0 Å². The maximum atomic E-state index is 9.33. The van der Waals surface area contributed by atoms with Crippen LogP contribution in [0.5, 0.6) is 0 Å². The summed E-state index contributed by atoms with van der Waals surface area (Å²) in [5.74, 6) is 5.96. The molecule has 21 heavy (non-hydrogen) atoms. The molecule has 0 unspecified atom stereocenters. The molecule has 0 saturated heterocycles. The van der Waals surface area contributed by atoms with Gasteiger partial charge < -0.3 is 25.5 Å².